The molecule has 0 saturated heterocycles. The molecular formula is C13H22F2N2O3. The molecule has 0 aromatic rings. The summed E-state index contributed by atoms with van der Waals surface area (Å²) in [6, 6.07) is -0.424. The number of alkyl halides is 2. The molecule has 0 spiro atoms. The summed E-state index contributed by atoms with van der Waals surface area (Å²) in [5.74, 6) is -4.48. The van der Waals surface area contributed by atoms with Crippen molar-refractivity contribution in [2.75, 3.05) is 20.1 Å². The van der Waals surface area contributed by atoms with Crippen LogP contribution in [0, 0.1) is 11.8 Å². The quantitative estimate of drug-likeness (QED) is 0.816. The Labute approximate surface area is 117 Å². The number of carboxylic acid groups (broad SMARTS) is 1. The Morgan fingerprint density at radius 3 is 2.70 bits per heavy atom. The molecule has 0 radical (unpaired) electrons. The van der Waals surface area contributed by atoms with Gasteiger partial charge in [0.1, 0.15) is 0 Å². The van der Waals surface area contributed by atoms with Crippen molar-refractivity contribution in [1.29, 1.82) is 0 Å². The number of carbonyl (C=O) groups is 2. The van der Waals surface area contributed by atoms with Crippen molar-refractivity contribution in [3.63, 3.8) is 0 Å². The molecule has 116 valence electrons. The summed E-state index contributed by atoms with van der Waals surface area (Å²) in [4.78, 5) is 23.7. The van der Waals surface area contributed by atoms with E-state index in [2.05, 4.69) is 5.32 Å². The highest BCUT2D eigenvalue weighted by molar-refractivity contribution is 5.75. The molecule has 0 heterocycles. The topological polar surface area (TPSA) is 69.6 Å². The summed E-state index contributed by atoms with van der Waals surface area (Å²) in [6.07, 6.45) is 0.889. The number of urea groups is 1. The van der Waals surface area contributed by atoms with Crippen LogP contribution < -0.4 is 5.32 Å². The number of aliphatic carboxylic acids is 1. The molecule has 1 fully saturated rings. The maximum absolute atomic E-state index is 13.2. The van der Waals surface area contributed by atoms with E-state index < -0.39 is 23.8 Å². The maximum atomic E-state index is 13.2. The number of carbonyl (C=O) groups excluding carboxylic acids is 1. The Bertz CT molecular complexity index is 364. The molecule has 5 nitrogen and oxygen atoms in total. The summed E-state index contributed by atoms with van der Waals surface area (Å²) in [5.41, 5.74) is 0. The predicted octanol–water partition coefficient (Wildman–Crippen LogP) is 2.17. The van der Waals surface area contributed by atoms with Crippen molar-refractivity contribution in [2.24, 2.45) is 11.8 Å². The highest BCUT2D eigenvalue weighted by Gasteiger charge is 2.36. The third-order valence-corrected chi connectivity index (χ3v) is 3.60. The second-order valence-corrected chi connectivity index (χ2v) is 5.62. The van der Waals surface area contributed by atoms with Gasteiger partial charge in [0.2, 0.25) is 5.92 Å². The predicted molar refractivity (Wildman–Crippen MR) is 69.7 cm³/mol. The first-order chi connectivity index (χ1) is 9.21. The van der Waals surface area contributed by atoms with Crippen molar-refractivity contribution in [2.45, 2.75) is 38.5 Å². The number of nitrogens with one attached hydrogen (secondary N) is 1. The van der Waals surface area contributed by atoms with E-state index in [-0.39, 0.29) is 31.8 Å². The summed E-state index contributed by atoms with van der Waals surface area (Å²) in [6.45, 7) is 1.80. The number of halogens is 2. The van der Waals surface area contributed by atoms with Crippen LogP contribution in [0.15, 0.2) is 0 Å². The third kappa shape index (κ3) is 5.30. The van der Waals surface area contributed by atoms with Gasteiger partial charge in [0, 0.05) is 33.0 Å². The smallest absolute Gasteiger partial charge is 0.317 e. The molecule has 1 saturated carbocycles. The van der Waals surface area contributed by atoms with E-state index in [0.717, 1.165) is 0 Å². The lowest BCUT2D eigenvalue weighted by Crippen LogP contribution is -2.43. The van der Waals surface area contributed by atoms with Gasteiger partial charge >= 0.3 is 12.0 Å². The van der Waals surface area contributed by atoms with Gasteiger partial charge < -0.3 is 15.3 Å². The first kappa shape index (κ1) is 16.7. The zero-order chi connectivity index (χ0) is 15.3. The van der Waals surface area contributed by atoms with Gasteiger partial charge in [0.25, 0.3) is 0 Å². The zero-order valence-electron chi connectivity index (χ0n) is 11.9. The van der Waals surface area contributed by atoms with Crippen LogP contribution in [0.1, 0.15) is 32.6 Å². The highest BCUT2D eigenvalue weighted by Crippen LogP contribution is 2.36. The Balaban J connectivity index is 2.33. The van der Waals surface area contributed by atoms with E-state index in [1.807, 2.05) is 0 Å². The van der Waals surface area contributed by atoms with Crippen LogP contribution in [-0.2, 0) is 4.79 Å². The molecule has 1 aliphatic carbocycles. The van der Waals surface area contributed by atoms with Crippen molar-refractivity contribution in [3.05, 3.63) is 0 Å². The molecule has 2 amide bonds. The second kappa shape index (κ2) is 6.85. The van der Waals surface area contributed by atoms with Crippen molar-refractivity contribution >= 4 is 12.0 Å². The Morgan fingerprint density at radius 1 is 1.50 bits per heavy atom. The lowest BCUT2D eigenvalue weighted by Gasteiger charge is -2.29. The van der Waals surface area contributed by atoms with Gasteiger partial charge in [-0.05, 0) is 18.8 Å². The minimum absolute atomic E-state index is 0.0759. The summed E-state index contributed by atoms with van der Waals surface area (Å²) in [5, 5.41) is 11.4. The van der Waals surface area contributed by atoms with E-state index >= 15 is 0 Å². The minimum atomic E-state index is -2.63. The molecule has 0 aromatic heterocycles. The average molecular weight is 292 g/mol. The average Bonchev–Trinajstić information content (AvgIpc) is 2.34. The third-order valence-electron chi connectivity index (χ3n) is 3.60. The summed E-state index contributed by atoms with van der Waals surface area (Å²) in [7, 11) is 1.49. The Kier molecular flexibility index (Phi) is 5.71. The molecule has 0 aliphatic heterocycles. The zero-order valence-corrected chi connectivity index (χ0v) is 11.9. The van der Waals surface area contributed by atoms with Gasteiger partial charge in [0.15, 0.2) is 0 Å². The van der Waals surface area contributed by atoms with Gasteiger partial charge in [-0.15, -0.1) is 0 Å². The normalized spacial score (nSPS) is 22.9. The fraction of sp³-hybridized carbons (Fsp3) is 0.846. The fourth-order valence-electron chi connectivity index (χ4n) is 2.39. The number of nitrogens with zero attached hydrogens (tertiary/aromatic N) is 1. The van der Waals surface area contributed by atoms with Crippen LogP contribution in [0.4, 0.5) is 13.6 Å². The summed E-state index contributed by atoms with van der Waals surface area (Å²) >= 11 is 0. The molecule has 0 aromatic carbocycles. The monoisotopic (exact) mass is 292 g/mol. The van der Waals surface area contributed by atoms with Crippen molar-refractivity contribution < 1.29 is 23.5 Å². The molecule has 2 atom stereocenters. The van der Waals surface area contributed by atoms with E-state index in [0.29, 0.717) is 12.8 Å². The van der Waals surface area contributed by atoms with E-state index in [1.54, 1.807) is 0 Å². The first-order valence-corrected chi connectivity index (χ1v) is 6.81. The van der Waals surface area contributed by atoms with Crippen molar-refractivity contribution in [3.8, 4) is 0 Å². The molecule has 2 N–H and O–H groups in total. The fourth-order valence-corrected chi connectivity index (χ4v) is 2.39. The Hall–Kier alpha value is -1.40. The van der Waals surface area contributed by atoms with Gasteiger partial charge in [0.05, 0.1) is 5.92 Å². The molecule has 20 heavy (non-hydrogen) atoms. The van der Waals surface area contributed by atoms with E-state index in [1.165, 1.54) is 18.9 Å². The van der Waals surface area contributed by atoms with Gasteiger partial charge in [-0.3, -0.25) is 4.79 Å². The molecule has 1 rings (SSSR count). The van der Waals surface area contributed by atoms with Gasteiger partial charge in [-0.25, -0.2) is 13.6 Å². The molecular weight excluding hydrogens is 270 g/mol. The lowest BCUT2D eigenvalue weighted by atomic mass is 9.86. The summed E-state index contributed by atoms with van der Waals surface area (Å²) < 4.78 is 26.4. The van der Waals surface area contributed by atoms with Crippen LogP contribution in [0.5, 0.6) is 0 Å². The Morgan fingerprint density at radius 2 is 2.15 bits per heavy atom. The van der Waals surface area contributed by atoms with Crippen LogP contribution in [0.3, 0.4) is 0 Å². The molecule has 0 bridgehead atoms. The number of carboxylic acids is 1. The second-order valence-electron chi connectivity index (χ2n) is 5.62. The first-order valence-electron chi connectivity index (χ1n) is 6.81. The molecule has 2 unspecified atom stereocenters. The van der Waals surface area contributed by atoms with Gasteiger partial charge in [-0.1, -0.05) is 6.92 Å². The molecule has 1 aliphatic rings. The standard InChI is InChI=1S/C13H22F2N2O3/c1-9(11(18)19)8-17(2)12(20)16-7-10-4-3-5-13(14,15)6-10/h9-10H,3-8H2,1-2H3,(H,16,20)(H,18,19). The molecule has 7 heteroatoms. The lowest BCUT2D eigenvalue weighted by molar-refractivity contribution is -0.141. The number of rotatable bonds is 5. The van der Waals surface area contributed by atoms with Crippen LogP contribution >= 0.6 is 0 Å². The van der Waals surface area contributed by atoms with Gasteiger partial charge in [-0.2, -0.15) is 0 Å². The largest absolute Gasteiger partial charge is 0.481 e. The minimum Gasteiger partial charge on any atom is -0.481 e. The van der Waals surface area contributed by atoms with E-state index in [4.69, 9.17) is 5.11 Å². The SMILES string of the molecule is CC(CN(C)C(=O)NCC1CCCC(F)(F)C1)C(=O)O. The number of hydrogen-bond acceptors (Lipinski definition) is 2. The highest BCUT2D eigenvalue weighted by atomic mass is 19.3. The van der Waals surface area contributed by atoms with E-state index in [9.17, 15) is 18.4 Å². The van der Waals surface area contributed by atoms with Crippen LogP contribution in [0.25, 0.3) is 0 Å². The van der Waals surface area contributed by atoms with Crippen LogP contribution in [-0.4, -0.2) is 48.1 Å². The maximum Gasteiger partial charge on any atom is 0.317 e. The van der Waals surface area contributed by atoms with Crippen molar-refractivity contribution in [1.82, 2.24) is 10.2 Å². The van der Waals surface area contributed by atoms with Crippen LogP contribution in [0.2, 0.25) is 0 Å². The number of hydrogen-bond donors (Lipinski definition) is 2. The number of amides is 2.